The Kier molecular flexibility index (Phi) is 6.85. The number of hydrogen-bond acceptors (Lipinski definition) is 4. The van der Waals surface area contributed by atoms with Crippen LogP contribution in [0.15, 0.2) is 51.7 Å². The van der Waals surface area contributed by atoms with Crippen molar-refractivity contribution in [2.75, 3.05) is 44.2 Å². The number of quaternary nitrogens is 1. The van der Waals surface area contributed by atoms with Gasteiger partial charge in [0.05, 0.1) is 38.2 Å². The maximum atomic E-state index is 12.3. The van der Waals surface area contributed by atoms with Crippen LogP contribution in [0.1, 0.15) is 6.42 Å². The van der Waals surface area contributed by atoms with Gasteiger partial charge in [0.1, 0.15) is 6.54 Å². The summed E-state index contributed by atoms with van der Waals surface area (Å²) in [6.07, 6.45) is 0.884. The Labute approximate surface area is 190 Å². The van der Waals surface area contributed by atoms with Crippen LogP contribution in [0.3, 0.4) is 0 Å². The molecule has 3 aromatic rings. The van der Waals surface area contributed by atoms with Crippen molar-refractivity contribution < 1.29 is 14.1 Å². The molecule has 0 radical (unpaired) electrons. The topological polar surface area (TPSA) is 71.9 Å². The maximum absolute atomic E-state index is 12.3. The van der Waals surface area contributed by atoms with Gasteiger partial charge in [-0.2, -0.15) is 0 Å². The van der Waals surface area contributed by atoms with Gasteiger partial charge in [0.15, 0.2) is 5.58 Å². The Bertz CT molecular complexity index is 1120. The minimum atomic E-state index is -0.561. The van der Waals surface area contributed by atoms with Gasteiger partial charge < -0.3 is 19.5 Å². The number of nitrogens with zero attached hydrogens (tertiary/aromatic N) is 2. The molecule has 1 amide bonds. The molecule has 2 N–H and O–H groups in total. The van der Waals surface area contributed by atoms with E-state index in [2.05, 4.69) is 16.3 Å². The lowest BCUT2D eigenvalue weighted by atomic mass is 10.2. The van der Waals surface area contributed by atoms with Crippen molar-refractivity contribution in [3.05, 3.63) is 63.1 Å². The Morgan fingerprint density at radius 2 is 1.87 bits per heavy atom. The second-order valence-electron chi connectivity index (χ2n) is 7.74. The third-order valence-electron chi connectivity index (χ3n) is 5.61. The Morgan fingerprint density at radius 1 is 1.10 bits per heavy atom. The van der Waals surface area contributed by atoms with E-state index >= 15 is 0 Å². The quantitative estimate of drug-likeness (QED) is 0.524. The highest BCUT2D eigenvalue weighted by Crippen LogP contribution is 2.19. The minimum absolute atomic E-state index is 0.0708. The lowest BCUT2D eigenvalue weighted by Gasteiger charge is -2.33. The third kappa shape index (κ3) is 5.42. The van der Waals surface area contributed by atoms with Gasteiger partial charge >= 0.3 is 5.76 Å². The number of piperazine rings is 1. The van der Waals surface area contributed by atoms with Gasteiger partial charge in [-0.15, -0.1) is 0 Å². The lowest BCUT2D eigenvalue weighted by Crippen LogP contribution is -3.15. The van der Waals surface area contributed by atoms with E-state index in [0.29, 0.717) is 22.7 Å². The zero-order chi connectivity index (χ0) is 21.8. The van der Waals surface area contributed by atoms with Gasteiger partial charge in [0.2, 0.25) is 5.91 Å². The largest absolute Gasteiger partial charge is 0.420 e. The fourth-order valence-electron chi connectivity index (χ4n) is 3.96. The first-order valence-electron chi connectivity index (χ1n) is 10.4. The average Bonchev–Trinajstić information content (AvgIpc) is 3.05. The summed E-state index contributed by atoms with van der Waals surface area (Å²) in [4.78, 5) is 28.2. The number of amides is 1. The second kappa shape index (κ2) is 9.77. The van der Waals surface area contributed by atoms with Crippen LogP contribution in [0.2, 0.25) is 10.0 Å². The van der Waals surface area contributed by atoms with E-state index in [1.54, 1.807) is 18.2 Å². The van der Waals surface area contributed by atoms with Crippen LogP contribution in [0, 0.1) is 0 Å². The molecule has 7 nitrogen and oxygen atoms in total. The Hall–Kier alpha value is -2.48. The van der Waals surface area contributed by atoms with Crippen molar-refractivity contribution in [2.45, 2.75) is 13.0 Å². The first-order chi connectivity index (χ1) is 15.0. The summed E-state index contributed by atoms with van der Waals surface area (Å²) in [5.74, 6) is -0.769. The van der Waals surface area contributed by atoms with Gasteiger partial charge in [-0.3, -0.25) is 9.36 Å². The molecule has 31 heavy (non-hydrogen) atoms. The molecule has 1 aliphatic rings. The number of fused-ring (bicyclic) bond motifs is 1. The second-order valence-corrected chi connectivity index (χ2v) is 8.61. The predicted octanol–water partition coefficient (Wildman–Crippen LogP) is 1.81. The number of carbonyl (C=O) groups is 1. The van der Waals surface area contributed by atoms with Crippen LogP contribution in [0.4, 0.5) is 5.69 Å². The molecule has 1 aromatic heterocycles. The molecule has 4 rings (SSSR count). The van der Waals surface area contributed by atoms with E-state index in [-0.39, 0.29) is 12.5 Å². The smallest absolute Gasteiger partial charge is 0.408 e. The molecule has 1 aliphatic heterocycles. The molecule has 1 saturated heterocycles. The van der Waals surface area contributed by atoms with Gasteiger partial charge in [-0.05, 0) is 30.3 Å². The van der Waals surface area contributed by atoms with Gasteiger partial charge in [0, 0.05) is 34.8 Å². The van der Waals surface area contributed by atoms with Crippen LogP contribution < -0.4 is 20.9 Å². The number of rotatable bonds is 7. The first-order valence-corrected chi connectivity index (χ1v) is 11.1. The van der Waals surface area contributed by atoms with Crippen molar-refractivity contribution >= 4 is 45.9 Å². The molecule has 0 aliphatic carbocycles. The summed E-state index contributed by atoms with van der Waals surface area (Å²) < 4.78 is 6.48. The number of aromatic nitrogens is 1. The molecule has 0 bridgehead atoms. The van der Waals surface area contributed by atoms with Gasteiger partial charge in [-0.1, -0.05) is 29.3 Å². The van der Waals surface area contributed by atoms with Crippen molar-refractivity contribution in [3.63, 3.8) is 0 Å². The molecule has 164 valence electrons. The number of halogens is 2. The Morgan fingerprint density at radius 3 is 2.65 bits per heavy atom. The van der Waals surface area contributed by atoms with E-state index in [4.69, 9.17) is 27.6 Å². The van der Waals surface area contributed by atoms with Crippen molar-refractivity contribution in [1.82, 2.24) is 9.88 Å². The average molecular weight is 464 g/mol. The zero-order valence-electron chi connectivity index (χ0n) is 17.1. The molecule has 2 heterocycles. The van der Waals surface area contributed by atoms with E-state index in [1.807, 2.05) is 18.2 Å². The molecule has 0 spiro atoms. The zero-order valence-corrected chi connectivity index (χ0v) is 18.6. The van der Waals surface area contributed by atoms with Crippen LogP contribution in [0.5, 0.6) is 0 Å². The summed E-state index contributed by atoms with van der Waals surface area (Å²) in [5.41, 5.74) is 2.11. The normalized spacial score (nSPS) is 14.8. The van der Waals surface area contributed by atoms with Gasteiger partial charge in [0.25, 0.3) is 0 Å². The lowest BCUT2D eigenvalue weighted by molar-refractivity contribution is -0.900. The molecular formula is C22H25Cl2N4O3+. The van der Waals surface area contributed by atoms with Crippen LogP contribution in [-0.4, -0.2) is 49.7 Å². The maximum Gasteiger partial charge on any atom is 0.420 e. The fraction of sp³-hybridized carbons (Fsp3) is 0.364. The number of oxazole rings is 1. The number of hydrogen-bond donors (Lipinski definition) is 2. The third-order valence-corrected chi connectivity index (χ3v) is 6.08. The summed E-state index contributed by atoms with van der Waals surface area (Å²) >= 11 is 12.0. The van der Waals surface area contributed by atoms with E-state index in [9.17, 15) is 9.59 Å². The molecular weight excluding hydrogens is 439 g/mol. The monoisotopic (exact) mass is 463 g/mol. The van der Waals surface area contributed by atoms with E-state index in [1.165, 1.54) is 15.2 Å². The molecule has 9 heteroatoms. The SMILES string of the molecule is O=C(Cn1c(=O)oc2cc(Cl)ccc21)NCCC[NH+]1CCN(c2cccc(Cl)c2)CC1. The summed E-state index contributed by atoms with van der Waals surface area (Å²) in [6, 6.07) is 12.9. The fourth-order valence-corrected chi connectivity index (χ4v) is 4.31. The molecule has 0 unspecified atom stereocenters. The highest BCUT2D eigenvalue weighted by atomic mass is 35.5. The van der Waals surface area contributed by atoms with Crippen molar-refractivity contribution in [3.8, 4) is 0 Å². The Balaban J connectivity index is 1.19. The minimum Gasteiger partial charge on any atom is -0.408 e. The number of nitrogens with one attached hydrogen (secondary N) is 2. The number of anilines is 1. The van der Waals surface area contributed by atoms with Crippen molar-refractivity contribution in [2.24, 2.45) is 0 Å². The number of carbonyl (C=O) groups excluding carboxylic acids is 1. The standard InChI is InChI=1S/C22H24Cl2N4O3/c23-16-3-1-4-18(13-16)27-11-9-26(10-12-27)8-2-7-25-21(29)15-28-19-6-5-17(24)14-20(19)31-22(28)30/h1,3-6,13-14H,2,7-12,15H2,(H,25,29)/p+1. The van der Waals surface area contributed by atoms with Crippen LogP contribution >= 0.6 is 23.2 Å². The van der Waals surface area contributed by atoms with Crippen LogP contribution in [-0.2, 0) is 11.3 Å². The predicted molar refractivity (Wildman–Crippen MR) is 122 cm³/mol. The van der Waals surface area contributed by atoms with Crippen molar-refractivity contribution in [1.29, 1.82) is 0 Å². The first kappa shape index (κ1) is 21.7. The molecule has 2 aromatic carbocycles. The highest BCUT2D eigenvalue weighted by molar-refractivity contribution is 6.31. The van der Waals surface area contributed by atoms with Gasteiger partial charge in [-0.25, -0.2) is 4.79 Å². The van der Waals surface area contributed by atoms with E-state index < -0.39 is 5.76 Å². The summed E-state index contributed by atoms with van der Waals surface area (Å²) in [7, 11) is 0. The van der Waals surface area contributed by atoms with E-state index in [0.717, 1.165) is 44.2 Å². The highest BCUT2D eigenvalue weighted by Gasteiger charge is 2.20. The van der Waals surface area contributed by atoms with Crippen LogP contribution in [0.25, 0.3) is 11.1 Å². The summed E-state index contributed by atoms with van der Waals surface area (Å²) in [6.45, 7) is 5.59. The molecule has 0 saturated carbocycles. The summed E-state index contributed by atoms with van der Waals surface area (Å²) in [5, 5.41) is 4.14. The number of benzene rings is 2. The molecule has 1 fully saturated rings. The molecule has 0 atom stereocenters.